The van der Waals surface area contributed by atoms with Crippen molar-refractivity contribution in [2.24, 2.45) is 0 Å². The smallest absolute Gasteiger partial charge is 0.241 e. The second kappa shape index (κ2) is 4.76. The molecule has 1 rings (SSSR count). The molecule has 0 aliphatic heterocycles. The van der Waals surface area contributed by atoms with Gasteiger partial charge in [-0.2, -0.15) is 5.26 Å². The van der Waals surface area contributed by atoms with Gasteiger partial charge in [0, 0.05) is 12.1 Å². The highest BCUT2D eigenvalue weighted by Crippen LogP contribution is 2.22. The van der Waals surface area contributed by atoms with Crippen molar-refractivity contribution in [1.82, 2.24) is 0 Å². The van der Waals surface area contributed by atoms with Crippen molar-refractivity contribution in [2.75, 3.05) is 11.9 Å². The zero-order valence-electron chi connectivity index (χ0n) is 8.00. The van der Waals surface area contributed by atoms with Crippen LogP contribution in [-0.2, 0) is 4.79 Å². The van der Waals surface area contributed by atoms with E-state index in [1.807, 2.05) is 0 Å². The predicted octanol–water partition coefficient (Wildman–Crippen LogP) is 2.36. The molecule has 78 valence electrons. The molecule has 0 spiro atoms. The molecular weight excluding hydrogens is 219 g/mol. The summed E-state index contributed by atoms with van der Waals surface area (Å²) in [6.07, 6.45) is -0.289. The number of benzene rings is 1. The first-order valence-corrected chi connectivity index (χ1v) is 4.52. The third-order valence-electron chi connectivity index (χ3n) is 1.87. The second-order valence-corrected chi connectivity index (χ2v) is 3.32. The van der Waals surface area contributed by atoms with Crippen LogP contribution in [0.1, 0.15) is 6.42 Å². The van der Waals surface area contributed by atoms with Gasteiger partial charge in [-0.25, -0.2) is 4.39 Å². The Balaban J connectivity index is 3.01. The molecule has 0 radical (unpaired) electrons. The normalized spacial score (nSPS) is 9.47. The minimum atomic E-state index is -0.548. The molecule has 0 atom stereocenters. The average molecular weight is 227 g/mol. The molecule has 0 saturated heterocycles. The Morgan fingerprint density at radius 3 is 2.93 bits per heavy atom. The third-order valence-corrected chi connectivity index (χ3v) is 2.11. The van der Waals surface area contributed by atoms with Crippen LogP contribution in [-0.4, -0.2) is 13.0 Å². The summed E-state index contributed by atoms with van der Waals surface area (Å²) in [5.41, 5.74) is 0.0720. The Hall–Kier alpha value is -1.60. The molecule has 3 nitrogen and oxygen atoms in total. The van der Waals surface area contributed by atoms with Crippen LogP contribution in [0.3, 0.4) is 0 Å². The van der Waals surface area contributed by atoms with Gasteiger partial charge in [-0.1, -0.05) is 11.6 Å². The minimum absolute atomic E-state index is 0.0720. The Bertz CT molecular complexity index is 428. The third kappa shape index (κ3) is 2.67. The first-order valence-electron chi connectivity index (χ1n) is 4.15. The van der Waals surface area contributed by atoms with E-state index in [4.69, 9.17) is 16.9 Å². The lowest BCUT2D eigenvalue weighted by Crippen LogP contribution is -2.26. The predicted molar refractivity (Wildman–Crippen MR) is 55.1 cm³/mol. The maximum Gasteiger partial charge on any atom is 0.241 e. The van der Waals surface area contributed by atoms with E-state index < -0.39 is 11.7 Å². The molecule has 0 aliphatic carbocycles. The molecular formula is C10H8ClFN2O. The first-order chi connectivity index (χ1) is 7.06. The molecule has 5 heteroatoms. The maximum absolute atomic E-state index is 13.3. The zero-order chi connectivity index (χ0) is 11.4. The highest BCUT2D eigenvalue weighted by atomic mass is 35.5. The van der Waals surface area contributed by atoms with E-state index in [0.29, 0.717) is 5.02 Å². The van der Waals surface area contributed by atoms with E-state index in [0.717, 1.165) is 4.90 Å². The lowest BCUT2D eigenvalue weighted by Gasteiger charge is -2.16. The fraction of sp³-hybridized carbons (Fsp3) is 0.200. The van der Waals surface area contributed by atoms with E-state index in [-0.39, 0.29) is 12.1 Å². The zero-order valence-corrected chi connectivity index (χ0v) is 8.75. The second-order valence-electron chi connectivity index (χ2n) is 2.88. The fourth-order valence-corrected chi connectivity index (χ4v) is 1.23. The van der Waals surface area contributed by atoms with Gasteiger partial charge < -0.3 is 4.90 Å². The van der Waals surface area contributed by atoms with Crippen molar-refractivity contribution in [2.45, 2.75) is 6.42 Å². The van der Waals surface area contributed by atoms with E-state index in [1.54, 1.807) is 6.07 Å². The van der Waals surface area contributed by atoms with Crippen LogP contribution in [0, 0.1) is 17.1 Å². The van der Waals surface area contributed by atoms with Crippen LogP contribution in [0.25, 0.3) is 0 Å². The molecule has 0 bridgehead atoms. The Morgan fingerprint density at radius 2 is 2.33 bits per heavy atom. The minimum Gasteiger partial charge on any atom is -0.312 e. The molecule has 0 aromatic heterocycles. The van der Waals surface area contributed by atoms with Gasteiger partial charge >= 0.3 is 0 Å². The van der Waals surface area contributed by atoms with Crippen molar-refractivity contribution < 1.29 is 9.18 Å². The number of carbonyl (C=O) groups is 1. The number of amides is 1. The van der Waals surface area contributed by atoms with E-state index in [9.17, 15) is 9.18 Å². The van der Waals surface area contributed by atoms with E-state index in [2.05, 4.69) is 0 Å². The number of rotatable bonds is 2. The molecule has 1 amide bonds. The van der Waals surface area contributed by atoms with Crippen LogP contribution in [0.15, 0.2) is 18.2 Å². The number of nitriles is 1. The Labute approximate surface area is 91.7 Å². The number of carbonyl (C=O) groups excluding carboxylic acids is 1. The summed E-state index contributed by atoms with van der Waals surface area (Å²) < 4.78 is 13.3. The molecule has 0 aliphatic rings. The van der Waals surface area contributed by atoms with Gasteiger partial charge in [0.2, 0.25) is 5.91 Å². The fourth-order valence-electron chi connectivity index (χ4n) is 1.06. The van der Waals surface area contributed by atoms with Gasteiger partial charge in [0.15, 0.2) is 0 Å². The van der Waals surface area contributed by atoms with Crippen LogP contribution >= 0.6 is 11.6 Å². The molecule has 0 N–H and O–H groups in total. The molecule has 1 aromatic carbocycles. The topological polar surface area (TPSA) is 44.1 Å². The molecule has 0 unspecified atom stereocenters. The summed E-state index contributed by atoms with van der Waals surface area (Å²) in [5, 5.41) is 8.68. The molecule has 0 heterocycles. The molecule has 1 aromatic rings. The van der Waals surface area contributed by atoms with E-state index >= 15 is 0 Å². The highest BCUT2D eigenvalue weighted by molar-refractivity contribution is 6.30. The summed E-state index contributed by atoms with van der Waals surface area (Å²) in [4.78, 5) is 12.4. The summed E-state index contributed by atoms with van der Waals surface area (Å²) >= 11 is 5.67. The first kappa shape index (κ1) is 11.5. The summed E-state index contributed by atoms with van der Waals surface area (Å²) in [7, 11) is 1.40. The largest absolute Gasteiger partial charge is 0.312 e. The van der Waals surface area contributed by atoms with E-state index in [1.165, 1.54) is 25.2 Å². The van der Waals surface area contributed by atoms with Crippen molar-refractivity contribution in [1.29, 1.82) is 5.26 Å². The maximum atomic E-state index is 13.3. The molecule has 0 saturated carbocycles. The summed E-state index contributed by atoms with van der Waals surface area (Å²) in [6.45, 7) is 0. The number of halogens is 2. The van der Waals surface area contributed by atoms with Gasteiger partial charge in [-0.3, -0.25) is 4.79 Å². The summed E-state index contributed by atoms with van der Waals surface area (Å²) in [6, 6.07) is 5.61. The monoisotopic (exact) mass is 226 g/mol. The van der Waals surface area contributed by atoms with Crippen molar-refractivity contribution in [3.05, 3.63) is 29.0 Å². The average Bonchev–Trinajstić information content (AvgIpc) is 2.21. The Kier molecular flexibility index (Phi) is 3.64. The van der Waals surface area contributed by atoms with Crippen molar-refractivity contribution in [3.8, 4) is 6.07 Å². The van der Waals surface area contributed by atoms with Gasteiger partial charge in [-0.05, 0) is 18.2 Å². The molecule has 15 heavy (non-hydrogen) atoms. The van der Waals surface area contributed by atoms with Crippen LogP contribution in [0.5, 0.6) is 0 Å². The van der Waals surface area contributed by atoms with Crippen LogP contribution in [0.2, 0.25) is 5.02 Å². The lowest BCUT2D eigenvalue weighted by atomic mass is 10.2. The highest BCUT2D eigenvalue weighted by Gasteiger charge is 2.14. The van der Waals surface area contributed by atoms with Crippen molar-refractivity contribution >= 4 is 23.2 Å². The van der Waals surface area contributed by atoms with Gasteiger partial charge in [0.25, 0.3) is 0 Å². The quantitative estimate of drug-likeness (QED) is 0.777. The Morgan fingerprint density at radius 1 is 1.67 bits per heavy atom. The number of nitrogens with zero attached hydrogens (tertiary/aromatic N) is 2. The lowest BCUT2D eigenvalue weighted by molar-refractivity contribution is -0.117. The van der Waals surface area contributed by atoms with Gasteiger partial charge in [-0.15, -0.1) is 0 Å². The SMILES string of the molecule is CN(C(=O)CC#N)c1cc(Cl)ccc1F. The summed E-state index contributed by atoms with van der Waals surface area (Å²) in [5.74, 6) is -1.02. The molecule has 0 fully saturated rings. The number of hydrogen-bond acceptors (Lipinski definition) is 2. The number of anilines is 1. The van der Waals surface area contributed by atoms with Crippen LogP contribution in [0.4, 0.5) is 10.1 Å². The van der Waals surface area contributed by atoms with Crippen LogP contribution < -0.4 is 4.90 Å². The number of hydrogen-bond donors (Lipinski definition) is 0. The van der Waals surface area contributed by atoms with Gasteiger partial charge in [0.05, 0.1) is 11.8 Å². The standard InChI is InChI=1S/C10H8ClFN2O/c1-14(10(15)4-5-13)9-6-7(11)2-3-8(9)12/h2-3,6H,4H2,1H3. The van der Waals surface area contributed by atoms with Crippen molar-refractivity contribution in [3.63, 3.8) is 0 Å². The van der Waals surface area contributed by atoms with Gasteiger partial charge in [0.1, 0.15) is 12.2 Å².